The van der Waals surface area contributed by atoms with Crippen LogP contribution < -0.4 is 4.74 Å². The molecule has 36 heavy (non-hydrogen) atoms. The topological polar surface area (TPSA) is 66.9 Å². The molecule has 0 fully saturated rings. The van der Waals surface area contributed by atoms with E-state index in [9.17, 15) is 13.2 Å². The first-order chi connectivity index (χ1) is 17.2. The summed E-state index contributed by atoms with van der Waals surface area (Å²) in [6.07, 6.45) is 2.22. The van der Waals surface area contributed by atoms with E-state index < -0.39 is 10.0 Å². The van der Waals surface area contributed by atoms with Crippen LogP contribution in [-0.4, -0.2) is 49.8 Å². The molecule has 0 radical (unpaired) electrons. The second kappa shape index (κ2) is 11.2. The van der Waals surface area contributed by atoms with Crippen molar-refractivity contribution in [3.8, 4) is 5.75 Å². The molecule has 2 heterocycles. The molecule has 1 aliphatic heterocycles. The lowest BCUT2D eigenvalue weighted by Gasteiger charge is -2.37. The first-order valence-corrected chi connectivity index (χ1v) is 14.3. The number of fused-ring (bicyclic) bond motifs is 1. The van der Waals surface area contributed by atoms with E-state index in [4.69, 9.17) is 16.3 Å². The van der Waals surface area contributed by atoms with Crippen molar-refractivity contribution in [1.29, 1.82) is 0 Å². The fourth-order valence-electron chi connectivity index (χ4n) is 4.25. The van der Waals surface area contributed by atoms with Gasteiger partial charge in [-0.1, -0.05) is 35.4 Å². The van der Waals surface area contributed by atoms with E-state index in [-0.39, 0.29) is 36.5 Å². The number of carbonyl (C=O) groups excluding carboxylic acids is 1. The van der Waals surface area contributed by atoms with Crippen LogP contribution in [0.4, 0.5) is 0 Å². The van der Waals surface area contributed by atoms with Crippen LogP contribution in [0.5, 0.6) is 5.75 Å². The van der Waals surface area contributed by atoms with E-state index in [0.29, 0.717) is 17.3 Å². The monoisotopic (exact) mass is 544 g/mol. The minimum absolute atomic E-state index is 0.0324. The normalized spacial score (nSPS) is 15.6. The number of nitrogens with zero attached hydrogens (tertiary/aromatic N) is 2. The summed E-state index contributed by atoms with van der Waals surface area (Å²) in [5, 5.41) is 2.68. The summed E-state index contributed by atoms with van der Waals surface area (Å²) in [6, 6.07) is 13.8. The second-order valence-electron chi connectivity index (χ2n) is 8.77. The number of halogens is 1. The van der Waals surface area contributed by atoms with E-state index in [1.54, 1.807) is 52.6 Å². The molecule has 0 unspecified atom stereocenters. The Bertz CT molecular complexity index is 1350. The second-order valence-corrected chi connectivity index (χ2v) is 12.1. The lowest BCUT2D eigenvalue weighted by atomic mass is 10.0. The number of hydrogen-bond donors (Lipinski definition) is 0. The number of thiophene rings is 1. The number of rotatable bonds is 9. The third kappa shape index (κ3) is 5.67. The van der Waals surface area contributed by atoms with Crippen LogP contribution in [-0.2, 0) is 21.2 Å². The summed E-state index contributed by atoms with van der Waals surface area (Å²) in [6.45, 7) is 8.00. The largest absolute Gasteiger partial charge is 0.491 e. The van der Waals surface area contributed by atoms with Crippen LogP contribution in [0.1, 0.15) is 27.6 Å². The van der Waals surface area contributed by atoms with Crippen molar-refractivity contribution in [3.63, 3.8) is 0 Å². The van der Waals surface area contributed by atoms with E-state index in [2.05, 4.69) is 6.58 Å². The van der Waals surface area contributed by atoms with Gasteiger partial charge in [-0.2, -0.15) is 4.31 Å². The molecule has 0 N–H and O–H groups in total. The highest BCUT2D eigenvalue weighted by atomic mass is 35.5. The molecule has 3 aromatic rings. The molecule has 6 nitrogen and oxygen atoms in total. The first kappa shape index (κ1) is 26.4. The van der Waals surface area contributed by atoms with Gasteiger partial charge in [-0.05, 0) is 73.2 Å². The third-order valence-electron chi connectivity index (χ3n) is 6.26. The zero-order chi connectivity index (χ0) is 25.9. The molecule has 0 aliphatic carbocycles. The van der Waals surface area contributed by atoms with E-state index in [1.807, 2.05) is 31.4 Å². The number of carbonyl (C=O) groups is 1. The number of aryl methyl sites for hydroxylation is 2. The summed E-state index contributed by atoms with van der Waals surface area (Å²) in [7, 11) is -3.87. The molecular weight excluding hydrogens is 516 g/mol. The Morgan fingerprint density at radius 3 is 2.67 bits per heavy atom. The Kier molecular flexibility index (Phi) is 8.20. The predicted molar refractivity (Wildman–Crippen MR) is 144 cm³/mol. The lowest BCUT2D eigenvalue weighted by Crippen LogP contribution is -2.47. The fourth-order valence-corrected chi connectivity index (χ4v) is 6.66. The molecule has 2 aromatic carbocycles. The zero-order valence-electron chi connectivity index (χ0n) is 20.3. The highest BCUT2D eigenvalue weighted by Gasteiger charge is 2.35. The minimum atomic E-state index is -3.87. The first-order valence-electron chi connectivity index (χ1n) is 11.6. The number of hydrogen-bond acceptors (Lipinski definition) is 5. The number of sulfonamides is 1. The van der Waals surface area contributed by atoms with Gasteiger partial charge in [0.1, 0.15) is 12.4 Å². The summed E-state index contributed by atoms with van der Waals surface area (Å²) in [5.41, 5.74) is 2.91. The zero-order valence-corrected chi connectivity index (χ0v) is 22.7. The average Bonchev–Trinajstić information content (AvgIpc) is 3.33. The summed E-state index contributed by atoms with van der Waals surface area (Å²) < 4.78 is 33.9. The Morgan fingerprint density at radius 2 is 1.97 bits per heavy atom. The van der Waals surface area contributed by atoms with E-state index >= 15 is 0 Å². The van der Waals surface area contributed by atoms with E-state index in [0.717, 1.165) is 23.1 Å². The molecular formula is C27H29ClN2O4S2. The summed E-state index contributed by atoms with van der Waals surface area (Å²) >= 11 is 7.80. The standard InChI is InChI=1S/C27H29ClN2O4S2/c1-4-13-29(36(32,33)22-8-5-19(2)6-9-22)17-27(31)30-14-11-26-23(12-15-35-26)25(30)18-34-21-7-10-24(28)20(3)16-21/h4-10,12,15-16,25H,1,11,13-14,17-18H2,2-3H3/t25-/m0/s1. The Balaban J connectivity index is 1.56. The van der Waals surface area contributed by atoms with Crippen molar-refractivity contribution in [1.82, 2.24) is 9.21 Å². The maximum atomic E-state index is 13.6. The fraction of sp³-hybridized carbons (Fsp3) is 0.296. The van der Waals surface area contributed by atoms with Gasteiger partial charge in [-0.15, -0.1) is 17.9 Å². The van der Waals surface area contributed by atoms with Crippen molar-refractivity contribution in [2.75, 3.05) is 26.2 Å². The van der Waals surface area contributed by atoms with Crippen LogP contribution in [0.2, 0.25) is 5.02 Å². The molecule has 0 bridgehead atoms. The van der Waals surface area contributed by atoms with Crippen molar-refractivity contribution in [2.24, 2.45) is 0 Å². The van der Waals surface area contributed by atoms with E-state index in [1.165, 1.54) is 15.3 Å². The van der Waals surface area contributed by atoms with Crippen molar-refractivity contribution < 1.29 is 17.9 Å². The molecule has 0 spiro atoms. The lowest BCUT2D eigenvalue weighted by molar-refractivity contribution is -0.135. The minimum Gasteiger partial charge on any atom is -0.491 e. The number of ether oxygens (including phenoxy) is 1. The van der Waals surface area contributed by atoms with Gasteiger partial charge in [-0.3, -0.25) is 4.79 Å². The molecule has 0 saturated heterocycles. The smallest absolute Gasteiger partial charge is 0.243 e. The van der Waals surface area contributed by atoms with Crippen LogP contribution in [0.15, 0.2) is 71.5 Å². The van der Waals surface area contributed by atoms with Crippen molar-refractivity contribution >= 4 is 38.9 Å². The van der Waals surface area contributed by atoms with Crippen molar-refractivity contribution in [3.05, 3.63) is 93.2 Å². The third-order valence-corrected chi connectivity index (χ3v) is 9.50. The molecule has 1 atom stereocenters. The molecule has 1 aromatic heterocycles. The maximum Gasteiger partial charge on any atom is 0.243 e. The molecule has 4 rings (SSSR count). The molecule has 1 aliphatic rings. The molecule has 190 valence electrons. The Labute approximate surface area is 221 Å². The number of amides is 1. The van der Waals surface area contributed by atoms with Gasteiger partial charge in [0.2, 0.25) is 15.9 Å². The van der Waals surface area contributed by atoms with Gasteiger partial charge >= 0.3 is 0 Å². The molecule has 9 heteroatoms. The maximum absolute atomic E-state index is 13.6. The van der Waals surface area contributed by atoms with Gasteiger partial charge in [0.25, 0.3) is 0 Å². The predicted octanol–water partition coefficient (Wildman–Crippen LogP) is 5.40. The van der Waals surface area contributed by atoms with Gasteiger partial charge in [-0.25, -0.2) is 8.42 Å². The van der Waals surface area contributed by atoms with Crippen LogP contribution in [0.25, 0.3) is 0 Å². The quantitative estimate of drug-likeness (QED) is 0.338. The van der Waals surface area contributed by atoms with Crippen LogP contribution in [0.3, 0.4) is 0 Å². The van der Waals surface area contributed by atoms with Gasteiger partial charge in [0.15, 0.2) is 0 Å². The van der Waals surface area contributed by atoms with Crippen molar-refractivity contribution in [2.45, 2.75) is 31.2 Å². The Morgan fingerprint density at radius 1 is 1.22 bits per heavy atom. The van der Waals surface area contributed by atoms with Crippen LogP contribution >= 0.6 is 22.9 Å². The highest BCUT2D eigenvalue weighted by Crippen LogP contribution is 2.34. The van der Waals surface area contributed by atoms with Gasteiger partial charge in [0, 0.05) is 23.0 Å². The van der Waals surface area contributed by atoms with Gasteiger partial charge in [0.05, 0.1) is 17.5 Å². The molecule has 1 amide bonds. The average molecular weight is 545 g/mol. The Hall–Kier alpha value is -2.65. The van der Waals surface area contributed by atoms with Crippen LogP contribution in [0, 0.1) is 13.8 Å². The SMILES string of the molecule is C=CCN(CC(=O)N1CCc2sccc2[C@@H]1COc1ccc(Cl)c(C)c1)S(=O)(=O)c1ccc(C)cc1. The molecule has 0 saturated carbocycles. The highest BCUT2D eigenvalue weighted by molar-refractivity contribution is 7.89. The van der Waals surface area contributed by atoms with Gasteiger partial charge < -0.3 is 9.64 Å². The summed E-state index contributed by atoms with van der Waals surface area (Å²) in [5.74, 6) is 0.396. The summed E-state index contributed by atoms with van der Waals surface area (Å²) in [4.78, 5) is 16.7. The number of benzene rings is 2.